The normalized spacial score (nSPS) is 16.4. The van der Waals surface area contributed by atoms with Crippen LogP contribution < -0.4 is 9.47 Å². The van der Waals surface area contributed by atoms with Gasteiger partial charge in [0, 0.05) is 25.1 Å². The van der Waals surface area contributed by atoms with Gasteiger partial charge < -0.3 is 18.9 Å². The first-order chi connectivity index (χ1) is 16.2. The van der Waals surface area contributed by atoms with Crippen molar-refractivity contribution in [2.75, 3.05) is 13.7 Å². The van der Waals surface area contributed by atoms with E-state index < -0.39 is 17.7 Å². The first-order valence-electron chi connectivity index (χ1n) is 10.8. The molecule has 0 radical (unpaired) electrons. The van der Waals surface area contributed by atoms with Crippen LogP contribution in [0.15, 0.2) is 47.0 Å². The molecule has 1 saturated heterocycles. The van der Waals surface area contributed by atoms with Gasteiger partial charge >= 0.3 is 6.18 Å². The Bertz CT molecular complexity index is 1180. The molecule has 2 heterocycles. The maximum atomic E-state index is 13.3. The van der Waals surface area contributed by atoms with Crippen molar-refractivity contribution in [3.63, 3.8) is 0 Å². The van der Waals surface area contributed by atoms with Crippen LogP contribution in [0.5, 0.6) is 11.5 Å². The summed E-state index contributed by atoms with van der Waals surface area (Å²) in [5.74, 6) is 1.01. The zero-order chi connectivity index (χ0) is 24.5. The second kappa shape index (κ2) is 9.36. The number of rotatable bonds is 7. The number of alkyl halides is 3. The van der Waals surface area contributed by atoms with E-state index in [1.807, 2.05) is 13.8 Å². The van der Waals surface area contributed by atoms with Crippen molar-refractivity contribution in [1.29, 1.82) is 0 Å². The Labute approximate surface area is 194 Å². The molecule has 0 aliphatic carbocycles. The summed E-state index contributed by atoms with van der Waals surface area (Å²) >= 11 is 0. The first kappa shape index (κ1) is 23.6. The Hall–Kier alpha value is -3.56. The quantitative estimate of drug-likeness (QED) is 0.475. The molecular weight excluding hydrogens is 451 g/mol. The molecule has 0 spiro atoms. The number of hydrogen-bond acceptors (Lipinski definition) is 6. The molecule has 180 valence electrons. The molecule has 1 atom stereocenters. The number of ether oxygens (including phenoxy) is 2. The fourth-order valence-electron chi connectivity index (χ4n) is 3.91. The average molecular weight is 475 g/mol. The predicted octanol–water partition coefficient (Wildman–Crippen LogP) is 5.07. The van der Waals surface area contributed by atoms with Crippen molar-refractivity contribution in [3.05, 3.63) is 59.5 Å². The number of nitrogens with zero attached hydrogens (tertiary/aromatic N) is 3. The summed E-state index contributed by atoms with van der Waals surface area (Å²) in [5, 5.41) is 4.02. The van der Waals surface area contributed by atoms with Crippen LogP contribution >= 0.6 is 0 Å². The van der Waals surface area contributed by atoms with E-state index in [4.69, 9.17) is 14.0 Å². The van der Waals surface area contributed by atoms with Gasteiger partial charge in [-0.1, -0.05) is 23.4 Å². The Kier molecular flexibility index (Phi) is 6.49. The number of halogens is 3. The predicted molar refractivity (Wildman–Crippen MR) is 116 cm³/mol. The Morgan fingerprint density at radius 2 is 1.94 bits per heavy atom. The molecule has 2 aromatic carbocycles. The lowest BCUT2D eigenvalue weighted by Gasteiger charge is -2.19. The van der Waals surface area contributed by atoms with Crippen molar-refractivity contribution < 1.29 is 32.0 Å². The van der Waals surface area contributed by atoms with Gasteiger partial charge in [-0.3, -0.25) is 4.79 Å². The highest BCUT2D eigenvalue weighted by atomic mass is 19.4. The molecule has 1 aromatic heterocycles. The van der Waals surface area contributed by atoms with E-state index in [9.17, 15) is 18.0 Å². The SMILES string of the molecule is COc1cc(-c2noc(C3CC(=O)N(Cc4ccccc4C(F)(F)F)C3)n2)ccc1OC(C)C. The minimum atomic E-state index is -4.49. The minimum absolute atomic E-state index is 0.0255. The van der Waals surface area contributed by atoms with Crippen LogP contribution in [0.25, 0.3) is 11.4 Å². The summed E-state index contributed by atoms with van der Waals surface area (Å²) in [6.45, 7) is 3.87. The standard InChI is InChI=1S/C24H24F3N3O4/c1-14(2)33-19-9-8-15(10-20(19)32-3)22-28-23(34-29-22)17-11-21(31)30(13-17)12-16-6-4-5-7-18(16)24(25,26)27/h4-10,14,17H,11-13H2,1-3H3. The maximum Gasteiger partial charge on any atom is 0.416 e. The number of carbonyl (C=O) groups excluding carboxylic acids is 1. The summed E-state index contributed by atoms with van der Waals surface area (Å²) in [6, 6.07) is 10.5. The van der Waals surface area contributed by atoms with E-state index in [1.54, 1.807) is 18.2 Å². The lowest BCUT2D eigenvalue weighted by molar-refractivity contribution is -0.139. The lowest BCUT2D eigenvalue weighted by Crippen LogP contribution is -2.26. The molecule has 1 fully saturated rings. The van der Waals surface area contributed by atoms with Crippen LogP contribution in [0.4, 0.5) is 13.2 Å². The zero-order valence-electron chi connectivity index (χ0n) is 18.9. The number of likely N-dealkylation sites (tertiary alicyclic amines) is 1. The van der Waals surface area contributed by atoms with Gasteiger partial charge in [-0.05, 0) is 43.7 Å². The third-order valence-corrected chi connectivity index (χ3v) is 5.47. The smallest absolute Gasteiger partial charge is 0.416 e. The highest BCUT2D eigenvalue weighted by Gasteiger charge is 2.37. The van der Waals surface area contributed by atoms with E-state index in [-0.39, 0.29) is 43.0 Å². The van der Waals surface area contributed by atoms with Gasteiger partial charge in [0.1, 0.15) is 0 Å². The topological polar surface area (TPSA) is 77.7 Å². The number of hydrogen-bond donors (Lipinski definition) is 0. The molecule has 1 aliphatic heterocycles. The highest BCUT2D eigenvalue weighted by molar-refractivity contribution is 5.79. The monoisotopic (exact) mass is 475 g/mol. The van der Waals surface area contributed by atoms with Crippen molar-refractivity contribution in [1.82, 2.24) is 15.0 Å². The molecule has 4 rings (SSSR count). The number of aromatic nitrogens is 2. The van der Waals surface area contributed by atoms with E-state index in [0.29, 0.717) is 22.9 Å². The van der Waals surface area contributed by atoms with Gasteiger partial charge in [0.2, 0.25) is 17.6 Å². The maximum absolute atomic E-state index is 13.3. The number of benzene rings is 2. The Morgan fingerprint density at radius 1 is 1.18 bits per heavy atom. The average Bonchev–Trinajstić information content (AvgIpc) is 3.41. The van der Waals surface area contributed by atoms with Gasteiger partial charge in [0.15, 0.2) is 11.5 Å². The van der Waals surface area contributed by atoms with Gasteiger partial charge in [-0.15, -0.1) is 0 Å². The largest absolute Gasteiger partial charge is 0.493 e. The molecule has 0 saturated carbocycles. The molecule has 1 amide bonds. The van der Waals surface area contributed by atoms with E-state index >= 15 is 0 Å². The molecule has 0 N–H and O–H groups in total. The molecule has 0 bridgehead atoms. The number of carbonyl (C=O) groups is 1. The van der Waals surface area contributed by atoms with Crippen molar-refractivity contribution in [2.45, 2.75) is 45.0 Å². The van der Waals surface area contributed by atoms with E-state index in [2.05, 4.69) is 10.1 Å². The molecule has 7 nitrogen and oxygen atoms in total. The molecule has 1 unspecified atom stereocenters. The van der Waals surface area contributed by atoms with Crippen LogP contribution in [0, 0.1) is 0 Å². The molecule has 34 heavy (non-hydrogen) atoms. The minimum Gasteiger partial charge on any atom is -0.493 e. The van der Waals surface area contributed by atoms with Gasteiger partial charge in [-0.25, -0.2) is 0 Å². The van der Waals surface area contributed by atoms with Crippen LogP contribution in [0.3, 0.4) is 0 Å². The molecule has 10 heteroatoms. The number of methoxy groups -OCH3 is 1. The van der Waals surface area contributed by atoms with Crippen LogP contribution in [-0.2, 0) is 17.5 Å². The van der Waals surface area contributed by atoms with E-state index in [0.717, 1.165) is 6.07 Å². The summed E-state index contributed by atoms with van der Waals surface area (Å²) in [7, 11) is 1.53. The second-order valence-electron chi connectivity index (χ2n) is 8.32. The third-order valence-electron chi connectivity index (χ3n) is 5.47. The molecule has 3 aromatic rings. The van der Waals surface area contributed by atoms with Crippen molar-refractivity contribution in [2.24, 2.45) is 0 Å². The van der Waals surface area contributed by atoms with Gasteiger partial charge in [0.25, 0.3) is 0 Å². The summed E-state index contributed by atoms with van der Waals surface area (Å²) in [4.78, 5) is 18.4. The molecule has 1 aliphatic rings. The van der Waals surface area contributed by atoms with Crippen LogP contribution in [-0.4, -0.2) is 40.7 Å². The Morgan fingerprint density at radius 3 is 2.65 bits per heavy atom. The third kappa shape index (κ3) is 5.00. The highest BCUT2D eigenvalue weighted by Crippen LogP contribution is 2.36. The van der Waals surface area contributed by atoms with Crippen LogP contribution in [0.2, 0.25) is 0 Å². The van der Waals surface area contributed by atoms with Crippen molar-refractivity contribution in [3.8, 4) is 22.9 Å². The zero-order valence-corrected chi connectivity index (χ0v) is 18.9. The summed E-state index contributed by atoms with van der Waals surface area (Å²) in [6.07, 6.45) is -4.43. The fraction of sp³-hybridized carbons (Fsp3) is 0.375. The summed E-state index contributed by atoms with van der Waals surface area (Å²) in [5.41, 5.74) is -0.0561. The molecular formula is C24H24F3N3O4. The van der Waals surface area contributed by atoms with Crippen molar-refractivity contribution >= 4 is 5.91 Å². The van der Waals surface area contributed by atoms with Gasteiger partial charge in [-0.2, -0.15) is 18.2 Å². The Balaban J connectivity index is 1.50. The lowest BCUT2D eigenvalue weighted by atomic mass is 10.1. The number of amides is 1. The second-order valence-corrected chi connectivity index (χ2v) is 8.32. The summed E-state index contributed by atoms with van der Waals surface area (Å²) < 4.78 is 56.4. The fourth-order valence-corrected chi connectivity index (χ4v) is 3.91. The first-order valence-corrected chi connectivity index (χ1v) is 10.8. The van der Waals surface area contributed by atoms with Crippen LogP contribution in [0.1, 0.15) is 43.2 Å². The van der Waals surface area contributed by atoms with Gasteiger partial charge in [0.05, 0.1) is 24.7 Å². The van der Waals surface area contributed by atoms with E-state index in [1.165, 1.54) is 30.2 Å².